The molecule has 0 aliphatic rings. The molecule has 0 heterocycles. The van der Waals surface area contributed by atoms with Crippen LogP contribution in [0, 0.1) is 11.6 Å². The van der Waals surface area contributed by atoms with Crippen molar-refractivity contribution < 1.29 is 8.78 Å². The van der Waals surface area contributed by atoms with Crippen LogP contribution in [-0.2, 0) is 6.42 Å². The van der Waals surface area contributed by atoms with E-state index < -0.39 is 11.6 Å². The highest BCUT2D eigenvalue weighted by atomic mass is 32.2. The third-order valence-electron chi connectivity index (χ3n) is 2.72. The molecule has 0 aromatic heterocycles. The minimum Gasteiger partial charge on any atom is -0.313 e. The van der Waals surface area contributed by atoms with Crippen LogP contribution in [0.1, 0.15) is 32.8 Å². The van der Waals surface area contributed by atoms with Crippen LogP contribution in [-0.4, -0.2) is 23.6 Å². The Morgan fingerprint density at radius 2 is 1.79 bits per heavy atom. The standard InChI is InChI=1S/C15H23F2NS/c1-4-5-18-15(10-19-11(2)3)8-12-6-13(16)9-14(17)7-12/h6-7,9,11,15,18H,4-5,8,10H2,1-3H3. The summed E-state index contributed by atoms with van der Waals surface area (Å²) in [5.74, 6) is -0.0444. The van der Waals surface area contributed by atoms with Gasteiger partial charge in [0.15, 0.2) is 0 Å². The van der Waals surface area contributed by atoms with Crippen molar-refractivity contribution >= 4 is 11.8 Å². The maximum atomic E-state index is 13.2. The first kappa shape index (κ1) is 16.4. The molecule has 0 fully saturated rings. The van der Waals surface area contributed by atoms with Gasteiger partial charge in [-0.2, -0.15) is 11.8 Å². The fourth-order valence-corrected chi connectivity index (χ4v) is 2.71. The van der Waals surface area contributed by atoms with Crippen molar-refractivity contribution in [2.24, 2.45) is 0 Å². The SMILES string of the molecule is CCCNC(CSC(C)C)Cc1cc(F)cc(F)c1. The molecular weight excluding hydrogens is 264 g/mol. The predicted molar refractivity (Wildman–Crippen MR) is 79.7 cm³/mol. The lowest BCUT2D eigenvalue weighted by atomic mass is 10.1. The zero-order valence-electron chi connectivity index (χ0n) is 11.9. The van der Waals surface area contributed by atoms with Gasteiger partial charge in [-0.05, 0) is 42.3 Å². The van der Waals surface area contributed by atoms with Crippen molar-refractivity contribution in [2.45, 2.75) is 44.9 Å². The van der Waals surface area contributed by atoms with E-state index in [4.69, 9.17) is 0 Å². The van der Waals surface area contributed by atoms with Gasteiger partial charge in [-0.25, -0.2) is 8.78 Å². The van der Waals surface area contributed by atoms with E-state index >= 15 is 0 Å². The molecular formula is C15H23F2NS. The molecule has 1 aromatic rings. The first-order valence-electron chi connectivity index (χ1n) is 6.81. The molecule has 0 saturated heterocycles. The van der Waals surface area contributed by atoms with Gasteiger partial charge in [-0.15, -0.1) is 0 Å². The van der Waals surface area contributed by atoms with Crippen molar-refractivity contribution in [2.75, 3.05) is 12.3 Å². The van der Waals surface area contributed by atoms with E-state index in [-0.39, 0.29) is 6.04 Å². The van der Waals surface area contributed by atoms with Gasteiger partial charge in [0.25, 0.3) is 0 Å². The van der Waals surface area contributed by atoms with Crippen LogP contribution in [0.4, 0.5) is 8.78 Å². The number of thioether (sulfide) groups is 1. The Balaban J connectivity index is 2.63. The van der Waals surface area contributed by atoms with Crippen molar-refractivity contribution in [1.82, 2.24) is 5.32 Å². The van der Waals surface area contributed by atoms with E-state index in [1.807, 2.05) is 11.8 Å². The Morgan fingerprint density at radius 3 is 2.32 bits per heavy atom. The first-order chi connectivity index (χ1) is 9.01. The van der Waals surface area contributed by atoms with E-state index in [2.05, 4.69) is 26.1 Å². The highest BCUT2D eigenvalue weighted by molar-refractivity contribution is 7.99. The van der Waals surface area contributed by atoms with Crippen LogP contribution in [0.2, 0.25) is 0 Å². The summed E-state index contributed by atoms with van der Waals surface area (Å²) in [5, 5.41) is 4.01. The lowest BCUT2D eigenvalue weighted by Crippen LogP contribution is -2.34. The highest BCUT2D eigenvalue weighted by Gasteiger charge is 2.11. The van der Waals surface area contributed by atoms with Gasteiger partial charge >= 0.3 is 0 Å². The van der Waals surface area contributed by atoms with Crippen molar-refractivity contribution in [3.8, 4) is 0 Å². The number of nitrogens with one attached hydrogen (secondary N) is 1. The minimum atomic E-state index is -0.499. The Bertz CT molecular complexity index is 362. The molecule has 0 aliphatic heterocycles. The van der Waals surface area contributed by atoms with Gasteiger partial charge < -0.3 is 5.32 Å². The van der Waals surface area contributed by atoms with Crippen LogP contribution in [0.3, 0.4) is 0 Å². The molecule has 4 heteroatoms. The van der Waals surface area contributed by atoms with Gasteiger partial charge in [0.2, 0.25) is 0 Å². The van der Waals surface area contributed by atoms with Gasteiger partial charge in [-0.3, -0.25) is 0 Å². The fourth-order valence-electron chi connectivity index (χ4n) is 1.86. The van der Waals surface area contributed by atoms with Crippen LogP contribution in [0.15, 0.2) is 18.2 Å². The summed E-state index contributed by atoms with van der Waals surface area (Å²) < 4.78 is 26.4. The number of rotatable bonds is 8. The summed E-state index contributed by atoms with van der Waals surface area (Å²) in [6.45, 7) is 7.36. The van der Waals surface area contributed by atoms with E-state index in [0.29, 0.717) is 11.7 Å². The zero-order chi connectivity index (χ0) is 14.3. The first-order valence-corrected chi connectivity index (χ1v) is 7.86. The van der Waals surface area contributed by atoms with E-state index in [0.717, 1.165) is 30.3 Å². The molecule has 0 radical (unpaired) electrons. The van der Waals surface area contributed by atoms with E-state index in [1.54, 1.807) is 0 Å². The van der Waals surface area contributed by atoms with Crippen molar-refractivity contribution in [3.63, 3.8) is 0 Å². The molecule has 19 heavy (non-hydrogen) atoms. The second kappa shape index (κ2) is 8.54. The van der Waals surface area contributed by atoms with Crippen LogP contribution >= 0.6 is 11.8 Å². The molecule has 1 atom stereocenters. The molecule has 1 nitrogen and oxygen atoms in total. The summed E-state index contributed by atoms with van der Waals surface area (Å²) in [7, 11) is 0. The quantitative estimate of drug-likeness (QED) is 0.775. The van der Waals surface area contributed by atoms with E-state index in [1.165, 1.54) is 12.1 Å². The Hall–Kier alpha value is -0.610. The third kappa shape index (κ3) is 6.92. The second-order valence-electron chi connectivity index (χ2n) is 5.01. The van der Waals surface area contributed by atoms with Crippen molar-refractivity contribution in [3.05, 3.63) is 35.4 Å². The number of hydrogen-bond acceptors (Lipinski definition) is 2. The molecule has 108 valence electrons. The highest BCUT2D eigenvalue weighted by Crippen LogP contribution is 2.15. The Morgan fingerprint density at radius 1 is 1.16 bits per heavy atom. The second-order valence-corrected chi connectivity index (χ2v) is 6.62. The molecule has 1 N–H and O–H groups in total. The molecule has 1 rings (SSSR count). The lowest BCUT2D eigenvalue weighted by Gasteiger charge is -2.19. The van der Waals surface area contributed by atoms with Gasteiger partial charge in [0.1, 0.15) is 11.6 Å². The lowest BCUT2D eigenvalue weighted by molar-refractivity contribution is 0.540. The summed E-state index contributed by atoms with van der Waals surface area (Å²) >= 11 is 1.87. The summed E-state index contributed by atoms with van der Waals surface area (Å²) in [6, 6.07) is 4.02. The summed E-state index contributed by atoms with van der Waals surface area (Å²) in [6.07, 6.45) is 1.72. The largest absolute Gasteiger partial charge is 0.313 e. The summed E-state index contributed by atoms with van der Waals surface area (Å²) in [4.78, 5) is 0. The average Bonchev–Trinajstić information content (AvgIpc) is 2.31. The molecule has 0 amide bonds. The maximum absolute atomic E-state index is 13.2. The average molecular weight is 287 g/mol. The van der Waals surface area contributed by atoms with Crippen LogP contribution in [0.25, 0.3) is 0 Å². The Kier molecular flexibility index (Phi) is 7.39. The van der Waals surface area contributed by atoms with Gasteiger partial charge in [0, 0.05) is 17.9 Å². The molecule has 0 aliphatic carbocycles. The third-order valence-corrected chi connectivity index (χ3v) is 3.98. The molecule has 1 aromatic carbocycles. The van der Waals surface area contributed by atoms with Crippen LogP contribution in [0.5, 0.6) is 0 Å². The number of halogens is 2. The fraction of sp³-hybridized carbons (Fsp3) is 0.600. The molecule has 0 bridgehead atoms. The topological polar surface area (TPSA) is 12.0 Å². The minimum absolute atomic E-state index is 0.258. The van der Waals surface area contributed by atoms with Gasteiger partial charge in [0.05, 0.1) is 0 Å². The maximum Gasteiger partial charge on any atom is 0.126 e. The van der Waals surface area contributed by atoms with Gasteiger partial charge in [-0.1, -0.05) is 20.8 Å². The summed E-state index contributed by atoms with van der Waals surface area (Å²) in [5.41, 5.74) is 0.718. The molecule has 1 unspecified atom stereocenters. The number of benzene rings is 1. The molecule has 0 saturated carbocycles. The van der Waals surface area contributed by atoms with Crippen molar-refractivity contribution in [1.29, 1.82) is 0 Å². The Labute approximate surface area is 119 Å². The number of hydrogen-bond donors (Lipinski definition) is 1. The zero-order valence-corrected chi connectivity index (χ0v) is 12.7. The van der Waals surface area contributed by atoms with Crippen LogP contribution < -0.4 is 5.32 Å². The molecule has 0 spiro atoms. The smallest absolute Gasteiger partial charge is 0.126 e. The monoisotopic (exact) mass is 287 g/mol. The predicted octanol–water partition coefficient (Wildman–Crippen LogP) is 4.02. The normalized spacial score (nSPS) is 12.9. The van der Waals surface area contributed by atoms with E-state index in [9.17, 15) is 8.78 Å².